The molecule has 0 atom stereocenters. The summed E-state index contributed by atoms with van der Waals surface area (Å²) in [5, 5.41) is 1.50. The summed E-state index contributed by atoms with van der Waals surface area (Å²) in [5.41, 5.74) is 2.38. The van der Waals surface area contributed by atoms with Crippen LogP contribution < -0.4 is 4.90 Å². The Bertz CT molecular complexity index is 1160. The van der Waals surface area contributed by atoms with Crippen LogP contribution in [0.3, 0.4) is 0 Å². The molecule has 1 amide bonds. The van der Waals surface area contributed by atoms with Gasteiger partial charge in [-0.05, 0) is 31.2 Å². The monoisotopic (exact) mass is 452 g/mol. The molecule has 2 heterocycles. The maximum absolute atomic E-state index is 12.1. The zero-order chi connectivity index (χ0) is 22.7. The lowest BCUT2D eigenvalue weighted by atomic mass is 10.1. The van der Waals surface area contributed by atoms with Gasteiger partial charge in [0.1, 0.15) is 11.6 Å². The molecule has 0 bridgehead atoms. The standard InChI is InChI=1S/C24H25ClN4O3/c1-4-32-24(30)29-13-11-28(12-14-29)23-19-10-9-17(16(2)31-3)15-21(19)26-22(27-23)18-7-5-6-8-20(18)25/h5-10,15H,2,4,11-14H2,1,3H3. The smallest absolute Gasteiger partial charge is 0.409 e. The predicted octanol–water partition coefficient (Wildman–Crippen LogP) is 4.85. The molecule has 0 spiro atoms. The van der Waals surface area contributed by atoms with Crippen molar-refractivity contribution in [1.82, 2.24) is 14.9 Å². The van der Waals surface area contributed by atoms with Crippen LogP contribution >= 0.6 is 11.6 Å². The van der Waals surface area contributed by atoms with E-state index in [4.69, 9.17) is 31.0 Å². The SMILES string of the molecule is C=C(OC)c1ccc2c(N3CCN(C(=O)OCC)CC3)nc(-c3ccccc3Cl)nc2c1. The number of hydrogen-bond donors (Lipinski definition) is 0. The fourth-order valence-corrected chi connectivity index (χ4v) is 3.94. The number of halogens is 1. The number of piperazine rings is 1. The Morgan fingerprint density at radius 3 is 2.56 bits per heavy atom. The second kappa shape index (κ2) is 9.44. The van der Waals surface area contributed by atoms with Gasteiger partial charge in [-0.25, -0.2) is 14.8 Å². The van der Waals surface area contributed by atoms with Crippen LogP contribution in [0.1, 0.15) is 12.5 Å². The topological polar surface area (TPSA) is 67.8 Å². The molecule has 0 saturated carbocycles. The molecule has 1 saturated heterocycles. The minimum atomic E-state index is -0.279. The van der Waals surface area contributed by atoms with E-state index >= 15 is 0 Å². The maximum Gasteiger partial charge on any atom is 0.409 e. The lowest BCUT2D eigenvalue weighted by Crippen LogP contribution is -2.49. The molecule has 8 heteroatoms. The highest BCUT2D eigenvalue weighted by Crippen LogP contribution is 2.32. The summed E-state index contributed by atoms with van der Waals surface area (Å²) >= 11 is 6.45. The molecule has 1 aliphatic rings. The number of aromatic nitrogens is 2. The Morgan fingerprint density at radius 1 is 1.12 bits per heavy atom. The van der Waals surface area contributed by atoms with Gasteiger partial charge >= 0.3 is 6.09 Å². The molecule has 1 aromatic heterocycles. The molecule has 3 aromatic rings. The van der Waals surface area contributed by atoms with Crippen LogP contribution in [0.15, 0.2) is 49.0 Å². The van der Waals surface area contributed by atoms with Gasteiger partial charge in [-0.1, -0.05) is 36.4 Å². The van der Waals surface area contributed by atoms with Crippen molar-refractivity contribution >= 4 is 40.2 Å². The molecule has 166 valence electrons. The van der Waals surface area contributed by atoms with Crippen molar-refractivity contribution < 1.29 is 14.3 Å². The second-order valence-electron chi connectivity index (χ2n) is 7.38. The Morgan fingerprint density at radius 2 is 1.88 bits per heavy atom. The number of nitrogens with zero attached hydrogens (tertiary/aromatic N) is 4. The summed E-state index contributed by atoms with van der Waals surface area (Å²) in [6.45, 7) is 8.52. The van der Waals surface area contributed by atoms with Crippen molar-refractivity contribution in [2.45, 2.75) is 6.92 Å². The number of fused-ring (bicyclic) bond motifs is 1. The van der Waals surface area contributed by atoms with Crippen molar-refractivity contribution in [2.24, 2.45) is 0 Å². The summed E-state index contributed by atoms with van der Waals surface area (Å²) in [6, 6.07) is 13.4. The van der Waals surface area contributed by atoms with Crippen LogP contribution in [0.25, 0.3) is 28.0 Å². The summed E-state index contributed by atoms with van der Waals surface area (Å²) in [4.78, 5) is 25.7. The number of rotatable bonds is 5. The molecule has 1 aliphatic heterocycles. The molecule has 0 unspecified atom stereocenters. The van der Waals surface area contributed by atoms with Gasteiger partial charge in [-0.2, -0.15) is 0 Å². The minimum Gasteiger partial charge on any atom is -0.497 e. The summed E-state index contributed by atoms with van der Waals surface area (Å²) in [6.07, 6.45) is -0.279. The van der Waals surface area contributed by atoms with Gasteiger partial charge in [0, 0.05) is 42.7 Å². The highest BCUT2D eigenvalue weighted by Gasteiger charge is 2.25. The zero-order valence-electron chi connectivity index (χ0n) is 18.2. The fourth-order valence-electron chi connectivity index (χ4n) is 3.72. The van der Waals surface area contributed by atoms with Gasteiger partial charge in [-0.15, -0.1) is 0 Å². The number of amides is 1. The zero-order valence-corrected chi connectivity index (χ0v) is 18.9. The number of carbonyl (C=O) groups excluding carboxylic acids is 1. The number of methoxy groups -OCH3 is 1. The molecular weight excluding hydrogens is 428 g/mol. The summed E-state index contributed by atoms with van der Waals surface area (Å²) in [5.74, 6) is 1.92. The van der Waals surface area contributed by atoms with E-state index in [0.717, 1.165) is 27.8 Å². The maximum atomic E-state index is 12.1. The van der Waals surface area contributed by atoms with Gasteiger partial charge in [-0.3, -0.25) is 0 Å². The fraction of sp³-hybridized carbons (Fsp3) is 0.292. The van der Waals surface area contributed by atoms with Gasteiger partial charge < -0.3 is 19.3 Å². The van der Waals surface area contributed by atoms with E-state index < -0.39 is 0 Å². The third-order valence-electron chi connectivity index (χ3n) is 5.47. The Hall–Kier alpha value is -3.32. The first-order valence-corrected chi connectivity index (χ1v) is 10.9. The van der Waals surface area contributed by atoms with Crippen LogP contribution in [0, 0.1) is 0 Å². The average molecular weight is 453 g/mol. The largest absolute Gasteiger partial charge is 0.497 e. The molecule has 4 rings (SSSR count). The van der Waals surface area contributed by atoms with Crippen molar-refractivity contribution in [1.29, 1.82) is 0 Å². The first-order chi connectivity index (χ1) is 15.5. The Balaban J connectivity index is 1.76. The molecule has 32 heavy (non-hydrogen) atoms. The molecule has 1 fully saturated rings. The molecule has 2 aromatic carbocycles. The van der Waals surface area contributed by atoms with E-state index in [1.165, 1.54) is 0 Å². The molecule has 7 nitrogen and oxygen atoms in total. The van der Waals surface area contributed by atoms with Crippen LogP contribution in [0.5, 0.6) is 0 Å². The quantitative estimate of drug-likeness (QED) is 0.516. The number of anilines is 1. The van der Waals surface area contributed by atoms with Gasteiger partial charge in [0.25, 0.3) is 0 Å². The van der Waals surface area contributed by atoms with Crippen LogP contribution in [-0.2, 0) is 9.47 Å². The second-order valence-corrected chi connectivity index (χ2v) is 7.79. The summed E-state index contributed by atoms with van der Waals surface area (Å²) < 4.78 is 10.4. The van der Waals surface area contributed by atoms with E-state index in [1.807, 2.05) is 49.4 Å². The predicted molar refractivity (Wildman–Crippen MR) is 127 cm³/mol. The van der Waals surface area contributed by atoms with E-state index in [1.54, 1.807) is 12.0 Å². The van der Waals surface area contributed by atoms with Gasteiger partial charge in [0.2, 0.25) is 0 Å². The molecule has 0 N–H and O–H groups in total. The first kappa shape index (κ1) is 21.9. The van der Waals surface area contributed by atoms with Crippen molar-refractivity contribution in [3.63, 3.8) is 0 Å². The average Bonchev–Trinajstić information content (AvgIpc) is 2.83. The molecular formula is C24H25ClN4O3. The van der Waals surface area contributed by atoms with Crippen molar-refractivity contribution in [3.05, 3.63) is 59.6 Å². The third kappa shape index (κ3) is 4.34. The van der Waals surface area contributed by atoms with Crippen molar-refractivity contribution in [3.8, 4) is 11.4 Å². The van der Waals surface area contributed by atoms with Gasteiger partial charge in [0.15, 0.2) is 5.82 Å². The number of hydrogen-bond acceptors (Lipinski definition) is 6. The van der Waals surface area contributed by atoms with Crippen molar-refractivity contribution in [2.75, 3.05) is 44.8 Å². The van der Waals surface area contributed by atoms with E-state index in [9.17, 15) is 4.79 Å². The van der Waals surface area contributed by atoms with Crippen LogP contribution in [0.4, 0.5) is 10.6 Å². The van der Waals surface area contributed by atoms with E-state index in [0.29, 0.717) is 49.4 Å². The summed E-state index contributed by atoms with van der Waals surface area (Å²) in [7, 11) is 1.59. The lowest BCUT2D eigenvalue weighted by molar-refractivity contribution is 0.105. The third-order valence-corrected chi connectivity index (χ3v) is 5.79. The Labute approximate surface area is 192 Å². The number of ether oxygens (including phenoxy) is 2. The van der Waals surface area contributed by atoms with E-state index in [-0.39, 0.29) is 6.09 Å². The van der Waals surface area contributed by atoms with Crippen LogP contribution in [-0.4, -0.2) is 60.9 Å². The van der Waals surface area contributed by atoms with Crippen LogP contribution in [0.2, 0.25) is 5.02 Å². The highest BCUT2D eigenvalue weighted by molar-refractivity contribution is 6.33. The van der Waals surface area contributed by atoms with E-state index in [2.05, 4.69) is 11.5 Å². The number of benzene rings is 2. The molecule has 0 aliphatic carbocycles. The highest BCUT2D eigenvalue weighted by atomic mass is 35.5. The first-order valence-electron chi connectivity index (χ1n) is 10.5. The number of carbonyl (C=O) groups is 1. The lowest BCUT2D eigenvalue weighted by Gasteiger charge is -2.35. The van der Waals surface area contributed by atoms with Gasteiger partial charge in [0.05, 0.1) is 24.3 Å². The minimum absolute atomic E-state index is 0.279. The Kier molecular flexibility index (Phi) is 6.46. The molecule has 0 radical (unpaired) electrons. The normalized spacial score (nSPS) is 13.8.